The van der Waals surface area contributed by atoms with E-state index < -0.39 is 24.5 Å². The lowest BCUT2D eigenvalue weighted by molar-refractivity contribution is -0.325. The Kier molecular flexibility index (Phi) is 3.37. The molecule has 0 aliphatic heterocycles. The summed E-state index contributed by atoms with van der Waals surface area (Å²) in [4.78, 5) is 23.3. The molecular formula is C4H5NO5-2. The number of hydrogen-bond donors (Lipinski definition) is 1. The van der Waals surface area contributed by atoms with E-state index in [0.29, 0.717) is 0 Å². The van der Waals surface area contributed by atoms with E-state index in [1.807, 2.05) is 0 Å². The molecule has 6 heteroatoms. The molecule has 0 fully saturated rings. The highest BCUT2D eigenvalue weighted by Crippen LogP contribution is 1.90. The van der Waals surface area contributed by atoms with Gasteiger partial charge in [-0.05, 0) is 0 Å². The molecule has 1 unspecified atom stereocenters. The summed E-state index contributed by atoms with van der Waals surface area (Å²) in [7, 11) is 0. The molecular weight excluding hydrogens is 142 g/mol. The Labute approximate surface area is 56.2 Å². The van der Waals surface area contributed by atoms with E-state index in [-0.39, 0.29) is 0 Å². The molecule has 58 valence electrons. The van der Waals surface area contributed by atoms with Gasteiger partial charge in [0.1, 0.15) is 6.10 Å². The van der Waals surface area contributed by atoms with Gasteiger partial charge in [-0.2, -0.15) is 0 Å². The predicted octanol–water partition coefficient (Wildman–Crippen LogP) is -3.86. The van der Waals surface area contributed by atoms with E-state index in [2.05, 4.69) is 10.7 Å². The number of carboxylic acid groups (broad SMARTS) is 2. The Hall–Kier alpha value is -1.14. The van der Waals surface area contributed by atoms with E-state index >= 15 is 0 Å². The van der Waals surface area contributed by atoms with Crippen molar-refractivity contribution in [3.8, 4) is 0 Å². The van der Waals surface area contributed by atoms with Crippen molar-refractivity contribution in [3.05, 3.63) is 0 Å². The van der Waals surface area contributed by atoms with Crippen LogP contribution in [0.2, 0.25) is 0 Å². The van der Waals surface area contributed by atoms with Crippen LogP contribution in [0.25, 0.3) is 0 Å². The summed E-state index contributed by atoms with van der Waals surface area (Å²) in [6, 6.07) is 0. The van der Waals surface area contributed by atoms with Crippen LogP contribution in [0.3, 0.4) is 0 Å². The first-order valence-corrected chi connectivity index (χ1v) is 2.34. The molecule has 0 rings (SSSR count). The van der Waals surface area contributed by atoms with E-state index in [1.54, 1.807) is 0 Å². The average molecular weight is 147 g/mol. The monoisotopic (exact) mass is 147 g/mol. The van der Waals surface area contributed by atoms with Crippen LogP contribution < -0.4 is 16.1 Å². The molecule has 0 spiro atoms. The lowest BCUT2D eigenvalue weighted by Gasteiger charge is -2.14. The Balaban J connectivity index is 3.83. The third-order valence-corrected chi connectivity index (χ3v) is 0.779. The van der Waals surface area contributed by atoms with Gasteiger partial charge in [0.05, 0.1) is 5.97 Å². The van der Waals surface area contributed by atoms with Gasteiger partial charge < -0.3 is 19.8 Å². The fraction of sp³-hybridized carbons (Fsp3) is 0.500. The Bertz CT molecular complexity index is 145. The van der Waals surface area contributed by atoms with Crippen LogP contribution in [0.5, 0.6) is 0 Å². The standard InChI is InChI=1S/C4H7NO5/c5-10-2(4(8)9)1-3(6)7/h2H,1,5H2,(H,6,7)(H,8,9)/p-2. The molecule has 10 heavy (non-hydrogen) atoms. The number of nitrogens with two attached hydrogens (primary N) is 1. The van der Waals surface area contributed by atoms with Crippen LogP contribution in [0, 0.1) is 0 Å². The number of rotatable bonds is 4. The summed E-state index contributed by atoms with van der Waals surface area (Å²) in [6.07, 6.45) is -2.44. The number of carbonyl (C=O) groups excluding carboxylic acids is 2. The molecule has 0 saturated carbocycles. The van der Waals surface area contributed by atoms with Crippen molar-refractivity contribution in [1.29, 1.82) is 0 Å². The zero-order valence-corrected chi connectivity index (χ0v) is 4.90. The molecule has 0 bridgehead atoms. The highest BCUT2D eigenvalue weighted by Gasteiger charge is 2.08. The lowest BCUT2D eigenvalue weighted by Crippen LogP contribution is -2.42. The largest absolute Gasteiger partial charge is 0.550 e. The fourth-order valence-electron chi connectivity index (χ4n) is 0.338. The van der Waals surface area contributed by atoms with Gasteiger partial charge in [-0.25, -0.2) is 5.90 Å². The first kappa shape index (κ1) is 8.86. The molecule has 1 atom stereocenters. The summed E-state index contributed by atoms with van der Waals surface area (Å²) in [6.45, 7) is 0. The summed E-state index contributed by atoms with van der Waals surface area (Å²) in [5, 5.41) is 19.6. The first-order chi connectivity index (χ1) is 4.57. The minimum absolute atomic E-state index is 0.807. The second kappa shape index (κ2) is 3.80. The van der Waals surface area contributed by atoms with Crippen LogP contribution in [0.1, 0.15) is 6.42 Å². The zero-order valence-electron chi connectivity index (χ0n) is 4.90. The third kappa shape index (κ3) is 3.00. The first-order valence-electron chi connectivity index (χ1n) is 2.34. The molecule has 6 nitrogen and oxygen atoms in total. The van der Waals surface area contributed by atoms with Crippen molar-refractivity contribution < 1.29 is 24.6 Å². The van der Waals surface area contributed by atoms with Crippen LogP contribution in [0.4, 0.5) is 0 Å². The van der Waals surface area contributed by atoms with Crippen LogP contribution in [-0.2, 0) is 14.4 Å². The highest BCUT2D eigenvalue weighted by atomic mass is 16.6. The fourth-order valence-corrected chi connectivity index (χ4v) is 0.338. The zero-order chi connectivity index (χ0) is 8.15. The van der Waals surface area contributed by atoms with Gasteiger partial charge in [-0.1, -0.05) is 0 Å². The van der Waals surface area contributed by atoms with Crippen molar-refractivity contribution in [3.63, 3.8) is 0 Å². The van der Waals surface area contributed by atoms with Crippen LogP contribution in [0.15, 0.2) is 0 Å². The van der Waals surface area contributed by atoms with Crippen molar-refractivity contribution >= 4 is 11.9 Å². The van der Waals surface area contributed by atoms with Crippen molar-refractivity contribution in [2.45, 2.75) is 12.5 Å². The van der Waals surface area contributed by atoms with E-state index in [9.17, 15) is 19.8 Å². The number of hydrogen-bond acceptors (Lipinski definition) is 6. The van der Waals surface area contributed by atoms with Gasteiger partial charge in [-0.15, -0.1) is 0 Å². The van der Waals surface area contributed by atoms with Gasteiger partial charge in [0, 0.05) is 12.4 Å². The third-order valence-electron chi connectivity index (χ3n) is 0.779. The maximum Gasteiger partial charge on any atom is 0.123 e. The number of carbonyl (C=O) groups is 2. The highest BCUT2D eigenvalue weighted by molar-refractivity contribution is 5.77. The summed E-state index contributed by atoms with van der Waals surface area (Å²) >= 11 is 0. The molecule has 0 saturated heterocycles. The Morgan fingerprint density at radius 3 is 2.10 bits per heavy atom. The molecule has 0 aromatic heterocycles. The van der Waals surface area contributed by atoms with E-state index in [4.69, 9.17) is 0 Å². The topological polar surface area (TPSA) is 116 Å². The Morgan fingerprint density at radius 1 is 1.50 bits per heavy atom. The maximum absolute atomic E-state index is 9.86. The van der Waals surface area contributed by atoms with E-state index in [0.717, 1.165) is 0 Å². The van der Waals surface area contributed by atoms with Crippen molar-refractivity contribution in [2.75, 3.05) is 0 Å². The SMILES string of the molecule is NOC(CC(=O)[O-])C(=O)[O-]. The second-order valence-electron chi connectivity index (χ2n) is 1.52. The van der Waals surface area contributed by atoms with Crippen LogP contribution >= 0.6 is 0 Å². The Morgan fingerprint density at radius 2 is 2.00 bits per heavy atom. The average Bonchev–Trinajstić information content (AvgIpc) is 1.81. The quantitative estimate of drug-likeness (QED) is 0.407. The molecule has 0 aliphatic rings. The van der Waals surface area contributed by atoms with Crippen molar-refractivity contribution in [2.24, 2.45) is 5.90 Å². The smallest absolute Gasteiger partial charge is 0.123 e. The summed E-state index contributed by atoms with van der Waals surface area (Å²) < 4.78 is 0. The minimum Gasteiger partial charge on any atom is -0.550 e. The predicted molar refractivity (Wildman–Crippen MR) is 23.7 cm³/mol. The van der Waals surface area contributed by atoms with Gasteiger partial charge in [0.2, 0.25) is 0 Å². The molecule has 0 amide bonds. The lowest BCUT2D eigenvalue weighted by atomic mass is 10.3. The van der Waals surface area contributed by atoms with Gasteiger partial charge in [-0.3, -0.25) is 4.84 Å². The summed E-state index contributed by atoms with van der Waals surface area (Å²) in [5.74, 6) is 1.18. The maximum atomic E-state index is 9.86. The number of aliphatic carboxylic acids is 2. The molecule has 0 aromatic carbocycles. The van der Waals surface area contributed by atoms with Gasteiger partial charge in [0.15, 0.2) is 0 Å². The van der Waals surface area contributed by atoms with Gasteiger partial charge in [0.25, 0.3) is 0 Å². The molecule has 0 radical (unpaired) electrons. The molecule has 0 heterocycles. The second-order valence-corrected chi connectivity index (χ2v) is 1.52. The van der Waals surface area contributed by atoms with E-state index in [1.165, 1.54) is 0 Å². The molecule has 0 aliphatic carbocycles. The van der Waals surface area contributed by atoms with Crippen LogP contribution in [-0.4, -0.2) is 18.0 Å². The normalized spacial score (nSPS) is 12.5. The summed E-state index contributed by atoms with van der Waals surface area (Å²) in [5.41, 5.74) is 0. The molecule has 2 N–H and O–H groups in total. The number of carboxylic acids is 2. The molecule has 0 aromatic rings. The minimum atomic E-state index is -1.67. The van der Waals surface area contributed by atoms with Gasteiger partial charge >= 0.3 is 0 Å². The van der Waals surface area contributed by atoms with Crippen molar-refractivity contribution in [1.82, 2.24) is 0 Å².